The summed E-state index contributed by atoms with van der Waals surface area (Å²) >= 11 is 2.01. The molecule has 0 atom stereocenters. The van der Waals surface area contributed by atoms with Gasteiger partial charge in [0.15, 0.2) is 0 Å². The minimum Gasteiger partial charge on any atom is -0.508 e. The topological polar surface area (TPSA) is 32.3 Å². The molecular weight excluding hydrogens is 278 g/mol. The van der Waals surface area contributed by atoms with Crippen molar-refractivity contribution in [2.75, 3.05) is 5.32 Å². The Morgan fingerprint density at radius 1 is 1.00 bits per heavy atom. The van der Waals surface area contributed by atoms with Crippen LogP contribution in [0.5, 0.6) is 5.75 Å². The smallest absolute Gasteiger partial charge is 0.115 e. The minimum absolute atomic E-state index is 0.316. The van der Waals surface area contributed by atoms with E-state index < -0.39 is 0 Å². The lowest BCUT2D eigenvalue weighted by atomic mass is 10.2. The summed E-state index contributed by atoms with van der Waals surface area (Å²) in [5.41, 5.74) is 2.39. The first-order chi connectivity index (χ1) is 10.3. The van der Waals surface area contributed by atoms with Gasteiger partial charge in [-0.25, -0.2) is 0 Å². The van der Waals surface area contributed by atoms with E-state index in [4.69, 9.17) is 0 Å². The maximum Gasteiger partial charge on any atom is 0.115 e. The van der Waals surface area contributed by atoms with Gasteiger partial charge in [0.2, 0.25) is 0 Å². The number of para-hydroxylation sites is 1. The van der Waals surface area contributed by atoms with E-state index in [0.717, 1.165) is 11.8 Å². The monoisotopic (exact) mass is 299 g/mol. The van der Waals surface area contributed by atoms with Crippen molar-refractivity contribution in [1.82, 2.24) is 0 Å². The normalized spacial score (nSPS) is 15.2. The molecule has 1 aliphatic carbocycles. The molecule has 0 heterocycles. The third-order valence-electron chi connectivity index (χ3n) is 3.90. The average molecular weight is 299 g/mol. The Bertz CT molecular complexity index is 576. The van der Waals surface area contributed by atoms with Crippen molar-refractivity contribution in [3.05, 3.63) is 54.1 Å². The number of benzene rings is 2. The van der Waals surface area contributed by atoms with Gasteiger partial charge in [-0.3, -0.25) is 0 Å². The largest absolute Gasteiger partial charge is 0.508 e. The number of phenolic OH excluding ortho intramolecular Hbond substituents is 1. The maximum absolute atomic E-state index is 9.32. The van der Waals surface area contributed by atoms with Crippen molar-refractivity contribution in [3.63, 3.8) is 0 Å². The Balaban J connectivity index is 1.65. The second kappa shape index (κ2) is 6.90. The lowest BCUT2D eigenvalue weighted by molar-refractivity contribution is 0.475. The minimum atomic E-state index is 0.316. The number of rotatable bonds is 5. The molecule has 0 aromatic heterocycles. The van der Waals surface area contributed by atoms with Gasteiger partial charge in [0.25, 0.3) is 0 Å². The Hall–Kier alpha value is -1.61. The summed E-state index contributed by atoms with van der Waals surface area (Å²) in [5.74, 6) is 0.316. The molecule has 1 fully saturated rings. The van der Waals surface area contributed by atoms with E-state index in [1.165, 1.54) is 41.8 Å². The summed E-state index contributed by atoms with van der Waals surface area (Å²) in [5, 5.41) is 13.6. The van der Waals surface area contributed by atoms with Crippen LogP contribution in [0.1, 0.15) is 31.2 Å². The number of phenols is 1. The van der Waals surface area contributed by atoms with Gasteiger partial charge in [-0.1, -0.05) is 37.1 Å². The van der Waals surface area contributed by atoms with E-state index in [1.807, 2.05) is 23.9 Å². The van der Waals surface area contributed by atoms with E-state index >= 15 is 0 Å². The van der Waals surface area contributed by atoms with Gasteiger partial charge >= 0.3 is 0 Å². The van der Waals surface area contributed by atoms with E-state index in [1.54, 1.807) is 12.1 Å². The highest BCUT2D eigenvalue weighted by Gasteiger charge is 2.17. The molecule has 1 saturated carbocycles. The fraction of sp³-hybridized carbons (Fsp3) is 0.333. The summed E-state index contributed by atoms with van der Waals surface area (Å²) in [6.45, 7) is 0.780. The zero-order valence-electron chi connectivity index (χ0n) is 12.1. The number of nitrogens with one attached hydrogen (secondary N) is 1. The first-order valence-electron chi connectivity index (χ1n) is 7.59. The molecule has 0 spiro atoms. The second-order valence-electron chi connectivity index (χ2n) is 5.54. The molecule has 0 amide bonds. The van der Waals surface area contributed by atoms with Gasteiger partial charge in [-0.15, -0.1) is 11.8 Å². The Morgan fingerprint density at radius 2 is 1.71 bits per heavy atom. The van der Waals surface area contributed by atoms with Gasteiger partial charge in [-0.05, 0) is 42.7 Å². The summed E-state index contributed by atoms with van der Waals surface area (Å²) in [7, 11) is 0. The molecule has 2 aromatic carbocycles. The van der Waals surface area contributed by atoms with Crippen LogP contribution in [0.15, 0.2) is 53.4 Å². The molecule has 1 aliphatic rings. The fourth-order valence-electron chi connectivity index (χ4n) is 2.71. The lowest BCUT2D eigenvalue weighted by Gasteiger charge is -2.15. The van der Waals surface area contributed by atoms with Gasteiger partial charge in [-0.2, -0.15) is 0 Å². The predicted octanol–water partition coefficient (Wildman–Crippen LogP) is 5.04. The summed E-state index contributed by atoms with van der Waals surface area (Å²) in [4.78, 5) is 1.35. The molecule has 0 aliphatic heterocycles. The molecule has 110 valence electrons. The van der Waals surface area contributed by atoms with Crippen LogP contribution in [-0.2, 0) is 6.54 Å². The van der Waals surface area contributed by atoms with Crippen molar-refractivity contribution < 1.29 is 5.11 Å². The standard InChI is InChI=1S/C18H21NOS/c20-15-11-9-14(10-12-15)13-19-17-7-3-4-8-18(17)21-16-5-1-2-6-16/h3-4,7-12,16,19-20H,1-2,5-6,13H2. The molecule has 2 N–H and O–H groups in total. The zero-order valence-corrected chi connectivity index (χ0v) is 12.9. The number of aromatic hydroxyl groups is 1. The summed E-state index contributed by atoms with van der Waals surface area (Å²) in [6, 6.07) is 15.9. The van der Waals surface area contributed by atoms with E-state index in [-0.39, 0.29) is 0 Å². The molecule has 0 radical (unpaired) electrons. The number of thioether (sulfide) groups is 1. The molecule has 0 unspecified atom stereocenters. The highest BCUT2D eigenvalue weighted by molar-refractivity contribution is 8.00. The van der Waals surface area contributed by atoms with Crippen LogP contribution in [0.4, 0.5) is 5.69 Å². The van der Waals surface area contributed by atoms with Gasteiger partial charge in [0.05, 0.1) is 0 Å². The lowest BCUT2D eigenvalue weighted by Crippen LogP contribution is -2.02. The van der Waals surface area contributed by atoms with Crippen LogP contribution in [0.25, 0.3) is 0 Å². The van der Waals surface area contributed by atoms with Crippen molar-refractivity contribution in [2.45, 2.75) is 42.4 Å². The Labute approximate surface area is 130 Å². The zero-order chi connectivity index (χ0) is 14.5. The van der Waals surface area contributed by atoms with Crippen molar-refractivity contribution in [3.8, 4) is 5.75 Å². The maximum atomic E-state index is 9.32. The molecule has 2 nitrogen and oxygen atoms in total. The van der Waals surface area contributed by atoms with Crippen LogP contribution in [0.2, 0.25) is 0 Å². The second-order valence-corrected chi connectivity index (χ2v) is 6.88. The number of anilines is 1. The highest BCUT2D eigenvalue weighted by Crippen LogP contribution is 2.38. The van der Waals surface area contributed by atoms with Crippen molar-refractivity contribution >= 4 is 17.4 Å². The molecule has 0 saturated heterocycles. The molecule has 3 rings (SSSR count). The number of hydrogen-bond acceptors (Lipinski definition) is 3. The van der Waals surface area contributed by atoms with Gasteiger partial charge < -0.3 is 10.4 Å². The number of hydrogen-bond donors (Lipinski definition) is 2. The van der Waals surface area contributed by atoms with E-state index in [9.17, 15) is 5.11 Å². The first kappa shape index (κ1) is 14.3. The van der Waals surface area contributed by atoms with Gasteiger partial charge in [0.1, 0.15) is 5.75 Å². The van der Waals surface area contributed by atoms with Crippen molar-refractivity contribution in [2.24, 2.45) is 0 Å². The first-order valence-corrected chi connectivity index (χ1v) is 8.47. The molecular formula is C18H21NOS. The summed E-state index contributed by atoms with van der Waals surface area (Å²) in [6.07, 6.45) is 5.44. The van der Waals surface area contributed by atoms with E-state index in [2.05, 4.69) is 29.6 Å². The van der Waals surface area contributed by atoms with Crippen LogP contribution < -0.4 is 5.32 Å². The van der Waals surface area contributed by atoms with Crippen LogP contribution in [-0.4, -0.2) is 10.4 Å². The Morgan fingerprint density at radius 3 is 2.48 bits per heavy atom. The Kier molecular flexibility index (Phi) is 4.71. The van der Waals surface area contributed by atoms with Crippen LogP contribution in [0, 0.1) is 0 Å². The third kappa shape index (κ3) is 3.94. The van der Waals surface area contributed by atoms with Crippen LogP contribution >= 0.6 is 11.8 Å². The average Bonchev–Trinajstić information content (AvgIpc) is 3.01. The quantitative estimate of drug-likeness (QED) is 0.811. The van der Waals surface area contributed by atoms with Crippen molar-refractivity contribution in [1.29, 1.82) is 0 Å². The fourth-order valence-corrected chi connectivity index (χ4v) is 4.06. The molecule has 2 aromatic rings. The SMILES string of the molecule is Oc1ccc(CNc2ccccc2SC2CCCC2)cc1. The molecule has 3 heteroatoms. The highest BCUT2D eigenvalue weighted by atomic mass is 32.2. The van der Waals surface area contributed by atoms with Crippen LogP contribution in [0.3, 0.4) is 0 Å². The van der Waals surface area contributed by atoms with Gasteiger partial charge in [0, 0.05) is 22.4 Å². The molecule has 0 bridgehead atoms. The predicted molar refractivity (Wildman–Crippen MR) is 90.0 cm³/mol. The summed E-state index contributed by atoms with van der Waals surface area (Å²) < 4.78 is 0. The van der Waals surface area contributed by atoms with E-state index in [0.29, 0.717) is 5.75 Å². The third-order valence-corrected chi connectivity index (χ3v) is 5.32. The molecule has 21 heavy (non-hydrogen) atoms.